The minimum atomic E-state index is -4.29. The molecule has 0 aromatic heterocycles. The minimum Gasteiger partial charge on any atom is -0.380 e. The van der Waals surface area contributed by atoms with Crippen molar-refractivity contribution >= 4 is 0 Å². The molecule has 1 aromatic carbocycles. The number of hydrogen-bond donors (Lipinski definition) is 1. The fraction of sp³-hybridized carbons (Fsp3) is 0.538. The van der Waals surface area contributed by atoms with E-state index in [1.54, 1.807) is 6.07 Å². The van der Waals surface area contributed by atoms with E-state index < -0.39 is 11.7 Å². The first-order valence-corrected chi connectivity index (χ1v) is 6.03. The van der Waals surface area contributed by atoms with E-state index in [0.29, 0.717) is 6.61 Å². The van der Waals surface area contributed by atoms with Crippen LogP contribution >= 0.6 is 0 Å². The summed E-state index contributed by atoms with van der Waals surface area (Å²) in [5.74, 6) is 0. The smallest absolute Gasteiger partial charge is 0.380 e. The zero-order valence-electron chi connectivity index (χ0n) is 9.96. The van der Waals surface area contributed by atoms with Crippen molar-refractivity contribution in [3.63, 3.8) is 0 Å². The molecule has 0 saturated carbocycles. The summed E-state index contributed by atoms with van der Waals surface area (Å²) >= 11 is 0. The molecule has 100 valence electrons. The maximum atomic E-state index is 12.8. The monoisotopic (exact) mass is 259 g/mol. The average molecular weight is 259 g/mol. The lowest BCUT2D eigenvalue weighted by molar-refractivity contribution is -0.138. The fourth-order valence-electron chi connectivity index (χ4n) is 2.11. The van der Waals surface area contributed by atoms with Crippen LogP contribution in [0.15, 0.2) is 24.3 Å². The molecule has 1 aliphatic heterocycles. The first kappa shape index (κ1) is 13.4. The van der Waals surface area contributed by atoms with Crippen LogP contribution in [-0.2, 0) is 17.5 Å². The molecule has 0 amide bonds. The highest BCUT2D eigenvalue weighted by Crippen LogP contribution is 2.31. The van der Waals surface area contributed by atoms with Crippen LogP contribution in [0.3, 0.4) is 0 Å². The molecule has 2 rings (SSSR count). The van der Waals surface area contributed by atoms with Crippen molar-refractivity contribution in [1.82, 2.24) is 5.32 Å². The summed E-state index contributed by atoms with van der Waals surface area (Å²) in [6.45, 7) is 1.55. The molecule has 1 N–H and O–H groups in total. The predicted molar refractivity (Wildman–Crippen MR) is 62.1 cm³/mol. The van der Waals surface area contributed by atoms with Gasteiger partial charge in [0.25, 0.3) is 0 Å². The molecule has 2 nitrogen and oxygen atoms in total. The topological polar surface area (TPSA) is 21.3 Å². The number of benzene rings is 1. The van der Waals surface area contributed by atoms with Gasteiger partial charge in [0.15, 0.2) is 0 Å². The molecule has 1 saturated heterocycles. The second kappa shape index (κ2) is 5.71. The Morgan fingerprint density at radius 1 is 1.28 bits per heavy atom. The van der Waals surface area contributed by atoms with Gasteiger partial charge in [-0.25, -0.2) is 0 Å². The molecule has 18 heavy (non-hydrogen) atoms. The molecule has 0 spiro atoms. The van der Waals surface area contributed by atoms with Gasteiger partial charge < -0.3 is 10.1 Å². The Hall–Kier alpha value is -1.07. The van der Waals surface area contributed by atoms with E-state index in [1.807, 2.05) is 0 Å². The predicted octanol–water partition coefficient (Wildman–Crippen LogP) is 2.97. The molecule has 1 fully saturated rings. The van der Waals surface area contributed by atoms with Gasteiger partial charge in [-0.15, -0.1) is 0 Å². The highest BCUT2D eigenvalue weighted by Gasteiger charge is 2.32. The molecule has 0 radical (unpaired) electrons. The molecule has 1 heterocycles. The van der Waals surface area contributed by atoms with E-state index in [9.17, 15) is 13.2 Å². The second-order valence-corrected chi connectivity index (χ2v) is 4.45. The normalized spacial score (nSPS) is 20.9. The van der Waals surface area contributed by atoms with Crippen LogP contribution in [0.25, 0.3) is 0 Å². The van der Waals surface area contributed by atoms with Crippen LogP contribution in [0, 0.1) is 0 Å². The lowest BCUT2D eigenvalue weighted by Gasteiger charge is -2.24. The van der Waals surface area contributed by atoms with Crippen molar-refractivity contribution in [2.24, 2.45) is 0 Å². The van der Waals surface area contributed by atoms with E-state index in [2.05, 4.69) is 5.32 Å². The summed E-state index contributed by atoms with van der Waals surface area (Å²) in [5, 5.41) is 3.13. The second-order valence-electron chi connectivity index (χ2n) is 4.45. The maximum Gasteiger partial charge on any atom is 0.416 e. The summed E-state index contributed by atoms with van der Waals surface area (Å²) in [7, 11) is 0. The minimum absolute atomic E-state index is 0.153. The molecule has 1 aromatic rings. The average Bonchev–Trinajstić information content (AvgIpc) is 2.37. The number of nitrogens with one attached hydrogen (secondary N) is 1. The summed E-state index contributed by atoms with van der Waals surface area (Å²) in [6, 6.07) is 5.83. The molecule has 1 atom stereocenters. The van der Waals surface area contributed by atoms with E-state index in [-0.39, 0.29) is 18.2 Å². The summed E-state index contributed by atoms with van der Waals surface area (Å²) in [4.78, 5) is 0. The Bertz CT molecular complexity index is 386. The van der Waals surface area contributed by atoms with E-state index in [0.717, 1.165) is 25.5 Å². The van der Waals surface area contributed by atoms with Crippen molar-refractivity contribution in [1.29, 1.82) is 0 Å². The third-order valence-corrected chi connectivity index (χ3v) is 3.06. The van der Waals surface area contributed by atoms with Crippen LogP contribution < -0.4 is 5.32 Å². The molecule has 0 unspecified atom stereocenters. The number of halogens is 3. The van der Waals surface area contributed by atoms with E-state index in [4.69, 9.17) is 4.74 Å². The Kier molecular flexibility index (Phi) is 4.24. The van der Waals surface area contributed by atoms with Crippen molar-refractivity contribution in [3.8, 4) is 0 Å². The number of alkyl halides is 3. The third-order valence-electron chi connectivity index (χ3n) is 3.06. The highest BCUT2D eigenvalue weighted by molar-refractivity contribution is 5.29. The van der Waals surface area contributed by atoms with Crippen molar-refractivity contribution < 1.29 is 17.9 Å². The van der Waals surface area contributed by atoms with Crippen molar-refractivity contribution in [3.05, 3.63) is 35.4 Å². The Morgan fingerprint density at radius 3 is 2.72 bits per heavy atom. The molecular formula is C13H16F3NO. The zero-order valence-corrected chi connectivity index (χ0v) is 9.96. The lowest BCUT2D eigenvalue weighted by Crippen LogP contribution is -2.36. The fourth-order valence-corrected chi connectivity index (χ4v) is 2.11. The van der Waals surface area contributed by atoms with Crippen LogP contribution in [0.2, 0.25) is 0 Å². The van der Waals surface area contributed by atoms with Gasteiger partial charge >= 0.3 is 6.18 Å². The number of ether oxygens (including phenoxy) is 1. The summed E-state index contributed by atoms with van der Waals surface area (Å²) < 4.78 is 43.6. The van der Waals surface area contributed by atoms with Crippen molar-refractivity contribution in [2.45, 2.75) is 31.6 Å². The highest BCUT2D eigenvalue weighted by atomic mass is 19.4. The van der Waals surface area contributed by atoms with Crippen molar-refractivity contribution in [2.75, 3.05) is 13.2 Å². The molecule has 0 aliphatic carbocycles. The Morgan fingerprint density at radius 2 is 2.06 bits per heavy atom. The molecule has 5 heteroatoms. The van der Waals surface area contributed by atoms with Crippen LogP contribution in [0.4, 0.5) is 13.2 Å². The third kappa shape index (κ3) is 3.46. The quantitative estimate of drug-likeness (QED) is 0.901. The van der Waals surface area contributed by atoms with Crippen LogP contribution in [-0.4, -0.2) is 19.3 Å². The van der Waals surface area contributed by atoms with E-state index >= 15 is 0 Å². The first-order chi connectivity index (χ1) is 8.57. The zero-order chi connectivity index (χ0) is 13.0. The first-order valence-electron chi connectivity index (χ1n) is 6.03. The number of hydrogen-bond acceptors (Lipinski definition) is 2. The van der Waals surface area contributed by atoms with Gasteiger partial charge in [0, 0.05) is 19.2 Å². The number of rotatable bonds is 3. The van der Waals surface area contributed by atoms with Gasteiger partial charge in [-0.2, -0.15) is 13.2 Å². The summed E-state index contributed by atoms with van der Waals surface area (Å²) in [6.07, 6.45) is -2.38. The van der Waals surface area contributed by atoms with Gasteiger partial charge in [0.05, 0.1) is 12.2 Å². The van der Waals surface area contributed by atoms with Gasteiger partial charge in [0.2, 0.25) is 0 Å². The summed E-state index contributed by atoms with van der Waals surface area (Å²) in [5.41, 5.74) is -0.273. The van der Waals surface area contributed by atoms with Crippen LogP contribution in [0.5, 0.6) is 0 Å². The lowest BCUT2D eigenvalue weighted by atomic mass is 10.1. The Labute approximate surface area is 104 Å². The standard InChI is InChI=1S/C13H16F3NO/c14-13(15,16)12-6-2-1-4-10(12)8-17-11-5-3-7-18-9-11/h1-2,4,6,11,17H,3,5,7-9H2/t11-/m1/s1. The molecule has 1 aliphatic rings. The molecular weight excluding hydrogens is 243 g/mol. The van der Waals surface area contributed by atoms with Gasteiger partial charge in [-0.05, 0) is 24.5 Å². The van der Waals surface area contributed by atoms with Gasteiger partial charge in [-0.3, -0.25) is 0 Å². The van der Waals surface area contributed by atoms with E-state index in [1.165, 1.54) is 12.1 Å². The van der Waals surface area contributed by atoms with Gasteiger partial charge in [0.1, 0.15) is 0 Å². The van der Waals surface area contributed by atoms with Crippen LogP contribution in [0.1, 0.15) is 24.0 Å². The SMILES string of the molecule is FC(F)(F)c1ccccc1CN[C@@H]1CCCOC1. The maximum absolute atomic E-state index is 12.8. The molecule has 0 bridgehead atoms. The Balaban J connectivity index is 2.00. The largest absolute Gasteiger partial charge is 0.416 e. The van der Waals surface area contributed by atoms with Gasteiger partial charge in [-0.1, -0.05) is 18.2 Å².